The van der Waals surface area contributed by atoms with Gasteiger partial charge in [-0.1, -0.05) is 49.6 Å². The number of carbonyl (C=O) groups is 1. The summed E-state index contributed by atoms with van der Waals surface area (Å²) in [7, 11) is 0. The minimum Gasteiger partial charge on any atom is -0.494 e. The zero-order chi connectivity index (χ0) is 32.0. The first kappa shape index (κ1) is 31.9. The van der Waals surface area contributed by atoms with Gasteiger partial charge in [0, 0.05) is 18.0 Å². The number of halogens is 3. The second-order valence-electron chi connectivity index (χ2n) is 11.2. The van der Waals surface area contributed by atoms with Gasteiger partial charge in [0.25, 0.3) is 0 Å². The van der Waals surface area contributed by atoms with Crippen LogP contribution in [-0.2, 0) is 24.1 Å². The fraction of sp³-hybridized carbons (Fsp3) is 0.382. The van der Waals surface area contributed by atoms with Gasteiger partial charge >= 0.3 is 18.0 Å². The van der Waals surface area contributed by atoms with E-state index < -0.39 is 12.3 Å². The van der Waals surface area contributed by atoms with Crippen molar-refractivity contribution >= 4 is 5.97 Å². The Morgan fingerprint density at radius 1 is 0.956 bits per heavy atom. The van der Waals surface area contributed by atoms with Crippen LogP contribution in [0.3, 0.4) is 0 Å². The number of aryl methyl sites for hydroxylation is 2. The van der Waals surface area contributed by atoms with Gasteiger partial charge in [-0.05, 0) is 85.7 Å². The molecule has 1 aromatic heterocycles. The van der Waals surface area contributed by atoms with Crippen LogP contribution in [0, 0.1) is 0 Å². The molecule has 0 radical (unpaired) electrons. The van der Waals surface area contributed by atoms with E-state index in [1.54, 1.807) is 10.6 Å². The van der Waals surface area contributed by atoms with Crippen molar-refractivity contribution in [3.63, 3.8) is 0 Å². The van der Waals surface area contributed by atoms with Crippen molar-refractivity contribution in [2.75, 3.05) is 6.61 Å². The number of nitrogens with zero attached hydrogens (tertiary/aromatic N) is 3. The maximum atomic E-state index is 13.6. The summed E-state index contributed by atoms with van der Waals surface area (Å²) in [4.78, 5) is 24.9. The Hall–Kier alpha value is -4.54. The zero-order valence-electron chi connectivity index (χ0n) is 25.1. The Labute approximate surface area is 259 Å². The van der Waals surface area contributed by atoms with E-state index in [1.807, 2.05) is 43.3 Å². The van der Waals surface area contributed by atoms with Gasteiger partial charge in [-0.2, -0.15) is 4.68 Å². The summed E-state index contributed by atoms with van der Waals surface area (Å²) in [5.41, 5.74) is 3.69. The van der Waals surface area contributed by atoms with Gasteiger partial charge in [0.15, 0.2) is 0 Å². The van der Waals surface area contributed by atoms with E-state index in [9.17, 15) is 27.9 Å². The molecule has 0 atom stereocenters. The molecule has 11 heteroatoms. The van der Waals surface area contributed by atoms with Gasteiger partial charge in [-0.15, -0.1) is 18.3 Å². The molecule has 1 N–H and O–H groups in total. The number of alkyl halides is 3. The van der Waals surface area contributed by atoms with Crippen molar-refractivity contribution in [2.24, 2.45) is 0 Å². The SMILES string of the molecule is CCOc1ccc(-c2ccc(CCCc3nn(-c4ccc(OC(F)(F)F)cc4)c(=O)n3C3CCCCC3)cc2)cc1CC(=O)O. The van der Waals surface area contributed by atoms with Gasteiger partial charge in [-0.25, -0.2) is 4.79 Å². The number of carboxylic acid groups (broad SMARTS) is 1. The second kappa shape index (κ2) is 14.0. The zero-order valence-corrected chi connectivity index (χ0v) is 25.1. The third-order valence-corrected chi connectivity index (χ3v) is 7.99. The number of ether oxygens (including phenoxy) is 2. The Morgan fingerprint density at radius 2 is 1.64 bits per heavy atom. The van der Waals surface area contributed by atoms with Gasteiger partial charge in [0.05, 0.1) is 18.7 Å². The van der Waals surface area contributed by atoms with Crippen LogP contribution in [0.2, 0.25) is 0 Å². The normalized spacial score (nSPS) is 14.0. The number of benzene rings is 3. The largest absolute Gasteiger partial charge is 0.573 e. The molecule has 0 aliphatic heterocycles. The van der Waals surface area contributed by atoms with Gasteiger partial charge in [0.1, 0.15) is 17.3 Å². The molecule has 1 saturated carbocycles. The molecular weight excluding hydrogens is 587 g/mol. The summed E-state index contributed by atoms with van der Waals surface area (Å²) in [5, 5.41) is 14.0. The maximum Gasteiger partial charge on any atom is 0.573 e. The number of carboxylic acids is 1. The molecule has 1 aliphatic carbocycles. The van der Waals surface area contributed by atoms with E-state index in [0.717, 1.165) is 61.6 Å². The number of hydrogen-bond acceptors (Lipinski definition) is 5. The maximum absolute atomic E-state index is 13.6. The fourth-order valence-corrected chi connectivity index (χ4v) is 5.92. The highest BCUT2D eigenvalue weighted by molar-refractivity contribution is 5.74. The first-order valence-corrected chi connectivity index (χ1v) is 15.2. The standard InChI is InChI=1S/C34H36F3N3O5/c1-2-44-30-20-15-25(21-26(30)22-32(41)42)24-13-11-23(12-14-24)7-6-10-31-38-40(33(43)39(31)27-8-4-3-5-9-27)28-16-18-29(19-17-28)45-34(35,36)37/h11-21,27H,2-10,22H2,1H3,(H,41,42). The molecule has 1 heterocycles. The quantitative estimate of drug-likeness (QED) is 0.178. The highest BCUT2D eigenvalue weighted by atomic mass is 19.4. The number of aliphatic carboxylic acids is 1. The first-order chi connectivity index (χ1) is 21.6. The van der Waals surface area contributed by atoms with E-state index in [2.05, 4.69) is 9.84 Å². The topological polar surface area (TPSA) is 95.6 Å². The lowest BCUT2D eigenvalue weighted by atomic mass is 9.95. The Balaban J connectivity index is 1.30. The molecule has 8 nitrogen and oxygen atoms in total. The van der Waals surface area contributed by atoms with Gasteiger partial charge in [-0.3, -0.25) is 9.36 Å². The third-order valence-electron chi connectivity index (χ3n) is 7.99. The minimum absolute atomic E-state index is 0.0438. The lowest BCUT2D eigenvalue weighted by molar-refractivity contribution is -0.274. The molecule has 3 aromatic carbocycles. The average molecular weight is 624 g/mol. The van der Waals surface area contributed by atoms with Crippen LogP contribution in [0.25, 0.3) is 16.8 Å². The highest BCUT2D eigenvalue weighted by Crippen LogP contribution is 2.30. The molecule has 0 saturated heterocycles. The van der Waals surface area contributed by atoms with Crippen molar-refractivity contribution in [1.29, 1.82) is 0 Å². The molecule has 0 unspecified atom stereocenters. The molecule has 1 fully saturated rings. The van der Waals surface area contributed by atoms with E-state index in [-0.39, 0.29) is 23.9 Å². The summed E-state index contributed by atoms with van der Waals surface area (Å²) in [5.74, 6) is -0.0440. The molecule has 0 spiro atoms. The molecule has 0 bridgehead atoms. The predicted octanol–water partition coefficient (Wildman–Crippen LogP) is 7.31. The number of rotatable bonds is 12. The van der Waals surface area contributed by atoms with E-state index in [1.165, 1.54) is 28.9 Å². The van der Waals surface area contributed by atoms with Crippen molar-refractivity contribution in [3.8, 4) is 28.3 Å². The molecule has 0 amide bonds. The molecule has 1 aliphatic rings. The molecule has 45 heavy (non-hydrogen) atoms. The van der Waals surface area contributed by atoms with Gasteiger partial charge < -0.3 is 14.6 Å². The lowest BCUT2D eigenvalue weighted by Gasteiger charge is -2.23. The van der Waals surface area contributed by atoms with Crippen LogP contribution < -0.4 is 15.2 Å². The summed E-state index contributed by atoms with van der Waals surface area (Å²) >= 11 is 0. The van der Waals surface area contributed by atoms with Crippen LogP contribution in [0.15, 0.2) is 71.5 Å². The summed E-state index contributed by atoms with van der Waals surface area (Å²) in [6.07, 6.45) is 2.10. The summed E-state index contributed by atoms with van der Waals surface area (Å²) < 4.78 is 50.4. The molecule has 238 valence electrons. The minimum atomic E-state index is -4.80. The summed E-state index contributed by atoms with van der Waals surface area (Å²) in [6, 6.07) is 18.9. The smallest absolute Gasteiger partial charge is 0.494 e. The number of hydrogen-bond donors (Lipinski definition) is 1. The molecule has 5 rings (SSSR count). The molecular formula is C34H36F3N3O5. The monoisotopic (exact) mass is 623 g/mol. The Kier molecular flexibility index (Phi) is 9.95. The Bertz CT molecular complexity index is 1650. The van der Waals surface area contributed by atoms with Crippen LogP contribution in [0.4, 0.5) is 13.2 Å². The summed E-state index contributed by atoms with van der Waals surface area (Å²) in [6.45, 7) is 2.31. The predicted molar refractivity (Wildman–Crippen MR) is 163 cm³/mol. The van der Waals surface area contributed by atoms with E-state index in [4.69, 9.17) is 4.74 Å². The van der Waals surface area contributed by atoms with Crippen molar-refractivity contribution in [1.82, 2.24) is 14.3 Å². The lowest BCUT2D eigenvalue weighted by Crippen LogP contribution is -2.29. The Morgan fingerprint density at radius 3 is 2.29 bits per heavy atom. The van der Waals surface area contributed by atoms with Crippen molar-refractivity contribution < 1.29 is 32.5 Å². The first-order valence-electron chi connectivity index (χ1n) is 15.2. The van der Waals surface area contributed by atoms with E-state index >= 15 is 0 Å². The highest BCUT2D eigenvalue weighted by Gasteiger charge is 2.31. The number of aromatic nitrogens is 3. The molecule has 4 aromatic rings. The van der Waals surface area contributed by atoms with Gasteiger partial charge in [0.2, 0.25) is 0 Å². The van der Waals surface area contributed by atoms with Crippen LogP contribution in [0.1, 0.15) is 68.4 Å². The second-order valence-corrected chi connectivity index (χ2v) is 11.2. The van der Waals surface area contributed by atoms with Crippen molar-refractivity contribution in [2.45, 2.75) is 77.1 Å². The average Bonchev–Trinajstić information content (AvgIpc) is 3.34. The van der Waals surface area contributed by atoms with Crippen LogP contribution in [-0.4, -0.2) is 38.4 Å². The van der Waals surface area contributed by atoms with Crippen molar-refractivity contribution in [3.05, 3.63) is 94.2 Å². The van der Waals surface area contributed by atoms with Crippen LogP contribution >= 0.6 is 0 Å². The fourth-order valence-electron chi connectivity index (χ4n) is 5.92. The van der Waals surface area contributed by atoms with Crippen LogP contribution in [0.5, 0.6) is 11.5 Å². The third kappa shape index (κ3) is 8.14. The van der Waals surface area contributed by atoms with E-state index in [0.29, 0.717) is 35.9 Å².